The molecule has 2 aromatic rings. The first-order chi connectivity index (χ1) is 8.54. The van der Waals surface area contributed by atoms with E-state index in [0.29, 0.717) is 6.42 Å². The zero-order chi connectivity index (χ0) is 13.2. The Morgan fingerprint density at radius 1 is 1.50 bits per heavy atom. The molecule has 0 spiro atoms. The highest BCUT2D eigenvalue weighted by Crippen LogP contribution is 2.31. The van der Waals surface area contributed by atoms with E-state index in [9.17, 15) is 5.11 Å². The normalized spacial score (nSPS) is 14.7. The van der Waals surface area contributed by atoms with Crippen molar-refractivity contribution in [3.05, 3.63) is 34.0 Å². The summed E-state index contributed by atoms with van der Waals surface area (Å²) in [5.41, 5.74) is 0.253. The van der Waals surface area contributed by atoms with Crippen molar-refractivity contribution in [3.63, 3.8) is 0 Å². The van der Waals surface area contributed by atoms with Crippen molar-refractivity contribution in [1.82, 2.24) is 14.8 Å². The van der Waals surface area contributed by atoms with E-state index in [1.54, 1.807) is 17.7 Å². The summed E-state index contributed by atoms with van der Waals surface area (Å²) in [5, 5.41) is 16.9. The van der Waals surface area contributed by atoms with Crippen molar-refractivity contribution < 1.29 is 5.11 Å². The van der Waals surface area contributed by atoms with Gasteiger partial charge in [0.05, 0.1) is 0 Å². The van der Waals surface area contributed by atoms with Crippen LogP contribution >= 0.6 is 11.3 Å². The Hall–Kier alpha value is -1.20. The van der Waals surface area contributed by atoms with Crippen molar-refractivity contribution in [2.45, 2.75) is 45.8 Å². The average molecular weight is 265 g/mol. The standard InChI is InChI=1S/C13H19N3OS/c1-4-6-16-11(14-9-15-16)8-13(3,17)12-10(2)5-7-18-12/h5,7,9,17H,4,6,8H2,1-3H3. The smallest absolute Gasteiger partial charge is 0.138 e. The van der Waals surface area contributed by atoms with Crippen molar-refractivity contribution >= 4 is 11.3 Å². The number of hydrogen-bond acceptors (Lipinski definition) is 4. The molecule has 4 nitrogen and oxygen atoms in total. The van der Waals surface area contributed by atoms with E-state index in [1.165, 1.54) is 0 Å². The van der Waals surface area contributed by atoms with Crippen molar-refractivity contribution in [3.8, 4) is 0 Å². The van der Waals surface area contributed by atoms with Gasteiger partial charge < -0.3 is 5.11 Å². The molecule has 0 aromatic carbocycles. The lowest BCUT2D eigenvalue weighted by Crippen LogP contribution is -2.26. The molecule has 2 heterocycles. The molecule has 98 valence electrons. The van der Waals surface area contributed by atoms with Gasteiger partial charge in [-0.15, -0.1) is 11.3 Å². The van der Waals surface area contributed by atoms with Gasteiger partial charge in [-0.25, -0.2) is 9.67 Å². The van der Waals surface area contributed by atoms with Crippen molar-refractivity contribution in [2.75, 3.05) is 0 Å². The summed E-state index contributed by atoms with van der Waals surface area (Å²) in [4.78, 5) is 5.26. The van der Waals surface area contributed by atoms with E-state index in [0.717, 1.165) is 29.2 Å². The second kappa shape index (κ2) is 5.20. The third-order valence-electron chi connectivity index (χ3n) is 2.98. The van der Waals surface area contributed by atoms with Gasteiger partial charge in [0.1, 0.15) is 17.8 Å². The maximum atomic E-state index is 10.6. The molecule has 0 bridgehead atoms. The molecule has 2 rings (SSSR count). The summed E-state index contributed by atoms with van der Waals surface area (Å²) in [6, 6.07) is 2.03. The molecule has 18 heavy (non-hydrogen) atoms. The molecule has 0 saturated heterocycles. The van der Waals surface area contributed by atoms with Gasteiger partial charge in [-0.3, -0.25) is 0 Å². The summed E-state index contributed by atoms with van der Waals surface area (Å²) in [6.45, 7) is 6.82. The van der Waals surface area contributed by atoms with Gasteiger partial charge in [-0.1, -0.05) is 6.92 Å². The highest BCUT2D eigenvalue weighted by Gasteiger charge is 2.28. The summed E-state index contributed by atoms with van der Waals surface area (Å²) in [5.74, 6) is 0.842. The third-order valence-corrected chi connectivity index (χ3v) is 4.25. The molecular weight excluding hydrogens is 246 g/mol. The largest absolute Gasteiger partial charge is 0.384 e. The van der Waals surface area contributed by atoms with Crippen LogP contribution in [0.3, 0.4) is 0 Å². The van der Waals surface area contributed by atoms with Gasteiger partial charge in [0, 0.05) is 17.8 Å². The van der Waals surface area contributed by atoms with E-state index >= 15 is 0 Å². The summed E-state index contributed by atoms with van der Waals surface area (Å²) in [7, 11) is 0. The zero-order valence-electron chi connectivity index (χ0n) is 11.1. The molecule has 5 heteroatoms. The molecule has 0 fully saturated rings. The minimum Gasteiger partial charge on any atom is -0.384 e. The monoisotopic (exact) mass is 265 g/mol. The van der Waals surface area contributed by atoms with Crippen molar-refractivity contribution in [2.24, 2.45) is 0 Å². The first-order valence-electron chi connectivity index (χ1n) is 6.18. The lowest BCUT2D eigenvalue weighted by atomic mass is 9.97. The predicted molar refractivity (Wildman–Crippen MR) is 72.6 cm³/mol. The Kier molecular flexibility index (Phi) is 3.82. The molecule has 0 aliphatic rings. The molecule has 0 radical (unpaired) electrons. The molecule has 2 aromatic heterocycles. The van der Waals surface area contributed by atoms with Gasteiger partial charge in [-0.2, -0.15) is 5.10 Å². The van der Waals surface area contributed by atoms with Crippen LogP contribution in [0.4, 0.5) is 0 Å². The number of nitrogens with zero attached hydrogens (tertiary/aromatic N) is 3. The van der Waals surface area contributed by atoms with Crippen LogP contribution in [0, 0.1) is 6.92 Å². The Labute approximate surface area is 111 Å². The minimum atomic E-state index is -0.878. The van der Waals surface area contributed by atoms with Crippen LogP contribution in [0.25, 0.3) is 0 Å². The van der Waals surface area contributed by atoms with E-state index in [2.05, 4.69) is 17.0 Å². The van der Waals surface area contributed by atoms with Crippen LogP contribution in [0.15, 0.2) is 17.8 Å². The Bertz CT molecular complexity index is 516. The number of aromatic nitrogens is 3. The fraction of sp³-hybridized carbons (Fsp3) is 0.538. The van der Waals surface area contributed by atoms with E-state index in [4.69, 9.17) is 0 Å². The molecule has 0 saturated carbocycles. The van der Waals surface area contributed by atoms with Crippen LogP contribution < -0.4 is 0 Å². The van der Waals surface area contributed by atoms with Gasteiger partial charge in [-0.05, 0) is 37.3 Å². The van der Waals surface area contributed by atoms with E-state index in [-0.39, 0.29) is 0 Å². The van der Waals surface area contributed by atoms with E-state index in [1.807, 2.05) is 30.0 Å². The van der Waals surface area contributed by atoms with Gasteiger partial charge in [0.15, 0.2) is 0 Å². The number of thiophene rings is 1. The molecule has 1 atom stereocenters. The fourth-order valence-corrected chi connectivity index (χ4v) is 3.12. The SMILES string of the molecule is CCCn1ncnc1CC(C)(O)c1sccc1C. The number of hydrogen-bond donors (Lipinski definition) is 1. The molecule has 1 unspecified atom stereocenters. The number of rotatable bonds is 5. The Balaban J connectivity index is 2.22. The summed E-state index contributed by atoms with van der Waals surface area (Å²) >= 11 is 1.59. The third kappa shape index (κ3) is 2.62. The highest BCUT2D eigenvalue weighted by molar-refractivity contribution is 7.10. The Morgan fingerprint density at radius 2 is 2.28 bits per heavy atom. The summed E-state index contributed by atoms with van der Waals surface area (Å²) in [6.07, 6.45) is 3.06. The lowest BCUT2D eigenvalue weighted by Gasteiger charge is -2.22. The highest BCUT2D eigenvalue weighted by atomic mass is 32.1. The van der Waals surface area contributed by atoms with E-state index < -0.39 is 5.60 Å². The fourth-order valence-electron chi connectivity index (χ4n) is 2.14. The quantitative estimate of drug-likeness (QED) is 0.903. The number of aryl methyl sites for hydroxylation is 2. The minimum absolute atomic E-state index is 0.494. The first-order valence-corrected chi connectivity index (χ1v) is 7.06. The summed E-state index contributed by atoms with van der Waals surface area (Å²) < 4.78 is 1.87. The predicted octanol–water partition coefficient (Wildman–Crippen LogP) is 2.51. The average Bonchev–Trinajstić information content (AvgIpc) is 2.89. The van der Waals surface area contributed by atoms with Crippen LogP contribution in [-0.4, -0.2) is 19.9 Å². The number of aliphatic hydroxyl groups is 1. The molecule has 0 aliphatic heterocycles. The maximum Gasteiger partial charge on any atom is 0.138 e. The molecular formula is C13H19N3OS. The van der Waals surface area contributed by atoms with Crippen LogP contribution in [-0.2, 0) is 18.6 Å². The topological polar surface area (TPSA) is 50.9 Å². The van der Waals surface area contributed by atoms with Crippen LogP contribution in [0.5, 0.6) is 0 Å². The van der Waals surface area contributed by atoms with Gasteiger partial charge >= 0.3 is 0 Å². The van der Waals surface area contributed by atoms with Crippen LogP contribution in [0.2, 0.25) is 0 Å². The van der Waals surface area contributed by atoms with Gasteiger partial charge in [0.2, 0.25) is 0 Å². The second-order valence-corrected chi connectivity index (χ2v) is 5.70. The maximum absolute atomic E-state index is 10.6. The van der Waals surface area contributed by atoms with Crippen molar-refractivity contribution in [1.29, 1.82) is 0 Å². The first kappa shape index (κ1) is 13.2. The molecule has 1 N–H and O–H groups in total. The zero-order valence-corrected chi connectivity index (χ0v) is 11.9. The lowest BCUT2D eigenvalue weighted by molar-refractivity contribution is 0.0574. The van der Waals surface area contributed by atoms with Crippen LogP contribution in [0.1, 0.15) is 36.5 Å². The van der Waals surface area contributed by atoms with Gasteiger partial charge in [0.25, 0.3) is 0 Å². The Morgan fingerprint density at radius 3 is 2.89 bits per heavy atom. The second-order valence-electron chi connectivity index (χ2n) is 4.78. The molecule has 0 aliphatic carbocycles. The molecule has 0 amide bonds.